The average molecular weight is 366 g/mol. The molecule has 0 spiro atoms. The highest BCUT2D eigenvalue weighted by molar-refractivity contribution is 7.90. The van der Waals surface area contributed by atoms with E-state index in [1.807, 2.05) is 0 Å². The molecule has 0 aliphatic carbocycles. The van der Waals surface area contributed by atoms with Crippen molar-refractivity contribution in [1.82, 2.24) is 8.61 Å². The zero-order valence-corrected chi connectivity index (χ0v) is 14.7. The summed E-state index contributed by atoms with van der Waals surface area (Å²) in [4.78, 5) is 0.326. The van der Waals surface area contributed by atoms with Crippen molar-refractivity contribution in [3.63, 3.8) is 0 Å². The van der Waals surface area contributed by atoms with E-state index in [0.29, 0.717) is 0 Å². The second kappa shape index (κ2) is 6.29. The molecule has 1 atom stereocenters. The van der Waals surface area contributed by atoms with Crippen LogP contribution in [0.15, 0.2) is 70.5 Å². The van der Waals surface area contributed by atoms with Gasteiger partial charge in [0.2, 0.25) is 20.0 Å². The van der Waals surface area contributed by atoms with Crippen LogP contribution >= 0.6 is 0 Å². The van der Waals surface area contributed by atoms with Gasteiger partial charge >= 0.3 is 0 Å². The molecule has 24 heavy (non-hydrogen) atoms. The first-order valence-electron chi connectivity index (χ1n) is 7.45. The summed E-state index contributed by atoms with van der Waals surface area (Å²) in [5.74, 6) is 0. The second-order valence-corrected chi connectivity index (χ2v) is 9.48. The minimum atomic E-state index is -3.74. The van der Waals surface area contributed by atoms with Gasteiger partial charge < -0.3 is 0 Å². The topological polar surface area (TPSA) is 74.8 Å². The summed E-state index contributed by atoms with van der Waals surface area (Å²) in [5, 5.41) is 0. The molecule has 0 radical (unpaired) electrons. The fraction of sp³-hybridized carbons (Fsp3) is 0.250. The third-order valence-corrected chi connectivity index (χ3v) is 7.76. The Hall–Kier alpha value is -1.74. The molecule has 1 aliphatic heterocycles. The first-order valence-corrected chi connectivity index (χ1v) is 10.3. The molecule has 0 amide bonds. The molecule has 6 nitrogen and oxygen atoms in total. The number of nitrogens with zero attached hydrogens (tertiary/aromatic N) is 2. The zero-order chi connectivity index (χ0) is 17.4. The van der Waals surface area contributed by atoms with Gasteiger partial charge in [0, 0.05) is 12.6 Å². The smallest absolute Gasteiger partial charge is 0.207 e. The summed E-state index contributed by atoms with van der Waals surface area (Å²) >= 11 is 0. The number of hydrogen-bond donors (Lipinski definition) is 0. The lowest BCUT2D eigenvalue weighted by atomic mass is 10.4. The number of rotatable bonds is 4. The van der Waals surface area contributed by atoms with Crippen LogP contribution in [0.25, 0.3) is 0 Å². The van der Waals surface area contributed by atoms with Gasteiger partial charge in [0.25, 0.3) is 0 Å². The largest absolute Gasteiger partial charge is 0.244 e. The highest BCUT2D eigenvalue weighted by Crippen LogP contribution is 2.27. The van der Waals surface area contributed by atoms with Gasteiger partial charge in [-0.05, 0) is 31.2 Å². The second-order valence-electron chi connectivity index (χ2n) is 5.65. The van der Waals surface area contributed by atoms with Crippen molar-refractivity contribution in [2.45, 2.75) is 22.8 Å². The number of hydrogen-bond acceptors (Lipinski definition) is 4. The van der Waals surface area contributed by atoms with Gasteiger partial charge in [0.05, 0.1) is 16.5 Å². The molecule has 1 heterocycles. The number of benzene rings is 2. The lowest BCUT2D eigenvalue weighted by molar-refractivity contribution is 0.390. The molecular formula is C16H18N2O4S2. The maximum Gasteiger partial charge on any atom is 0.244 e. The predicted molar refractivity (Wildman–Crippen MR) is 90.1 cm³/mol. The van der Waals surface area contributed by atoms with Gasteiger partial charge in [-0.3, -0.25) is 0 Å². The summed E-state index contributed by atoms with van der Waals surface area (Å²) in [6.07, 6.45) is 0. The van der Waals surface area contributed by atoms with Crippen LogP contribution in [0.5, 0.6) is 0 Å². The maximum absolute atomic E-state index is 12.8. The molecule has 1 fully saturated rings. The van der Waals surface area contributed by atoms with Crippen molar-refractivity contribution < 1.29 is 16.8 Å². The Morgan fingerprint density at radius 3 is 1.75 bits per heavy atom. The lowest BCUT2D eigenvalue weighted by Crippen LogP contribution is -2.36. The molecule has 0 aromatic heterocycles. The van der Waals surface area contributed by atoms with Crippen LogP contribution in [-0.4, -0.2) is 44.7 Å². The van der Waals surface area contributed by atoms with E-state index < -0.39 is 26.1 Å². The molecule has 2 aromatic carbocycles. The van der Waals surface area contributed by atoms with E-state index in [2.05, 4.69) is 0 Å². The van der Waals surface area contributed by atoms with Crippen LogP contribution in [-0.2, 0) is 20.0 Å². The summed E-state index contributed by atoms with van der Waals surface area (Å²) in [6, 6.07) is 15.6. The Morgan fingerprint density at radius 2 is 1.25 bits per heavy atom. The minimum absolute atomic E-state index is 0.128. The van der Waals surface area contributed by atoms with E-state index >= 15 is 0 Å². The molecule has 2 aromatic rings. The maximum atomic E-state index is 12.8. The van der Waals surface area contributed by atoms with Crippen molar-refractivity contribution in [2.24, 2.45) is 0 Å². The standard InChI is InChI=1S/C16H18N2O4S2/c1-14-12-17(23(19,20)15-8-4-2-5-9-15)13-18(14)24(21,22)16-10-6-3-7-11-16/h2-11,14H,12-13H2,1H3. The quantitative estimate of drug-likeness (QED) is 0.826. The molecule has 1 saturated heterocycles. The highest BCUT2D eigenvalue weighted by atomic mass is 32.2. The van der Waals surface area contributed by atoms with Crippen molar-refractivity contribution >= 4 is 20.0 Å². The molecule has 1 aliphatic rings. The van der Waals surface area contributed by atoms with Gasteiger partial charge in [-0.2, -0.15) is 8.61 Å². The van der Waals surface area contributed by atoms with E-state index in [-0.39, 0.29) is 23.0 Å². The monoisotopic (exact) mass is 366 g/mol. The molecular weight excluding hydrogens is 348 g/mol. The van der Waals surface area contributed by atoms with E-state index in [1.54, 1.807) is 43.3 Å². The first kappa shape index (κ1) is 17.1. The van der Waals surface area contributed by atoms with Gasteiger partial charge in [0.1, 0.15) is 0 Å². The zero-order valence-electron chi connectivity index (χ0n) is 13.1. The third kappa shape index (κ3) is 2.98. The Bertz CT molecular complexity index is 913. The van der Waals surface area contributed by atoms with Crippen molar-refractivity contribution in [3.05, 3.63) is 60.7 Å². The van der Waals surface area contributed by atoms with Gasteiger partial charge in [-0.1, -0.05) is 36.4 Å². The summed E-state index contributed by atoms with van der Waals surface area (Å²) in [6.45, 7) is 1.65. The van der Waals surface area contributed by atoms with Gasteiger partial charge in [-0.25, -0.2) is 16.8 Å². The van der Waals surface area contributed by atoms with E-state index in [0.717, 1.165) is 0 Å². The van der Waals surface area contributed by atoms with Crippen LogP contribution in [0.2, 0.25) is 0 Å². The Kier molecular flexibility index (Phi) is 4.48. The lowest BCUT2D eigenvalue weighted by Gasteiger charge is -2.20. The Morgan fingerprint density at radius 1 is 0.792 bits per heavy atom. The SMILES string of the molecule is CC1CN(S(=O)(=O)c2ccccc2)CN1S(=O)(=O)c1ccccc1. The summed E-state index contributed by atoms with van der Waals surface area (Å²) < 4.78 is 53.3. The molecule has 0 bridgehead atoms. The third-order valence-electron chi connectivity index (χ3n) is 3.99. The van der Waals surface area contributed by atoms with Crippen molar-refractivity contribution in [2.75, 3.05) is 13.2 Å². The van der Waals surface area contributed by atoms with Crippen LogP contribution in [0.3, 0.4) is 0 Å². The van der Waals surface area contributed by atoms with Crippen molar-refractivity contribution in [3.8, 4) is 0 Å². The average Bonchev–Trinajstić information content (AvgIpc) is 3.00. The van der Waals surface area contributed by atoms with E-state index in [9.17, 15) is 16.8 Å². The van der Waals surface area contributed by atoms with Crippen molar-refractivity contribution in [1.29, 1.82) is 0 Å². The predicted octanol–water partition coefficient (Wildman–Crippen LogP) is 1.73. The summed E-state index contributed by atoms with van der Waals surface area (Å²) in [7, 11) is -7.46. The Balaban J connectivity index is 1.91. The fourth-order valence-electron chi connectivity index (χ4n) is 2.69. The van der Waals surface area contributed by atoms with Gasteiger partial charge in [-0.15, -0.1) is 0 Å². The fourth-order valence-corrected chi connectivity index (χ4v) is 5.86. The normalized spacial score (nSPS) is 20.3. The van der Waals surface area contributed by atoms with Crippen LogP contribution < -0.4 is 0 Å². The van der Waals surface area contributed by atoms with Gasteiger partial charge in [0.15, 0.2) is 0 Å². The molecule has 0 N–H and O–H groups in total. The highest BCUT2D eigenvalue weighted by Gasteiger charge is 2.41. The molecule has 8 heteroatoms. The minimum Gasteiger partial charge on any atom is -0.207 e. The summed E-state index contributed by atoms with van der Waals surface area (Å²) in [5.41, 5.74) is 0. The van der Waals surface area contributed by atoms with Crippen LogP contribution in [0.1, 0.15) is 6.92 Å². The van der Waals surface area contributed by atoms with E-state index in [1.165, 1.54) is 32.9 Å². The molecule has 3 rings (SSSR count). The molecule has 128 valence electrons. The Labute approximate surface area is 142 Å². The molecule has 1 unspecified atom stereocenters. The van der Waals surface area contributed by atoms with Crippen LogP contribution in [0.4, 0.5) is 0 Å². The first-order chi connectivity index (χ1) is 11.3. The van der Waals surface area contributed by atoms with Crippen LogP contribution in [0, 0.1) is 0 Å². The van der Waals surface area contributed by atoms with E-state index in [4.69, 9.17) is 0 Å². The number of sulfonamides is 2. The molecule has 0 saturated carbocycles.